The molecule has 6 nitrogen and oxygen atoms in total. The third kappa shape index (κ3) is 4.21. The first-order valence-electron chi connectivity index (χ1n) is 4.62. The smallest absolute Gasteiger partial charge is 0.258 e. The Kier molecular flexibility index (Phi) is 4.36. The van der Waals surface area contributed by atoms with Crippen molar-refractivity contribution in [3.05, 3.63) is 37.9 Å². The average Bonchev–Trinajstić information content (AvgIpc) is 2.24. The van der Waals surface area contributed by atoms with E-state index in [4.69, 9.17) is 0 Å². The minimum absolute atomic E-state index is 0.179. The van der Waals surface area contributed by atoms with E-state index in [9.17, 15) is 46.6 Å². The van der Waals surface area contributed by atoms with Crippen LogP contribution in [0.5, 0.6) is 0 Å². The van der Waals surface area contributed by atoms with Crippen LogP contribution in [-0.4, -0.2) is 15.4 Å². The summed E-state index contributed by atoms with van der Waals surface area (Å²) in [5, 5.41) is 21.2. The Balaban J connectivity index is 3.67. The normalized spacial score (nSPS) is 12.3. The fourth-order valence-electron chi connectivity index (χ4n) is 1.25. The zero-order valence-electron chi connectivity index (χ0n) is 9.36. The molecule has 0 spiro atoms. The zero-order chi connectivity index (χ0) is 16.6. The number of alkyl halides is 6. The van der Waals surface area contributed by atoms with Gasteiger partial charge < -0.3 is 0 Å². The number of thioether (sulfide) groups is 1. The lowest BCUT2D eigenvalue weighted by Crippen LogP contribution is -2.09. The molecule has 0 radical (unpaired) electrons. The van der Waals surface area contributed by atoms with Crippen LogP contribution < -0.4 is 0 Å². The van der Waals surface area contributed by atoms with Crippen LogP contribution in [0.25, 0.3) is 0 Å². The monoisotopic (exact) mass is 336 g/mol. The van der Waals surface area contributed by atoms with Gasteiger partial charge in [0, 0.05) is 12.1 Å². The van der Waals surface area contributed by atoms with Crippen LogP contribution in [0.1, 0.15) is 5.56 Å². The minimum atomic E-state index is -5.18. The van der Waals surface area contributed by atoms with Crippen LogP contribution in [0.3, 0.4) is 0 Å². The molecule has 0 aromatic heterocycles. The maximum absolute atomic E-state index is 12.5. The summed E-state index contributed by atoms with van der Waals surface area (Å²) in [5.41, 5.74) is -10.2. The van der Waals surface area contributed by atoms with E-state index in [1.807, 2.05) is 0 Å². The number of hydrogen-bond acceptors (Lipinski definition) is 5. The van der Waals surface area contributed by atoms with E-state index in [1.165, 1.54) is 0 Å². The topological polar surface area (TPSA) is 86.3 Å². The second-order valence-corrected chi connectivity index (χ2v) is 4.48. The van der Waals surface area contributed by atoms with E-state index in [0.29, 0.717) is 0 Å². The lowest BCUT2D eigenvalue weighted by molar-refractivity contribution is -0.400. The second kappa shape index (κ2) is 5.38. The molecule has 0 unspecified atom stereocenters. The molecule has 0 bridgehead atoms. The van der Waals surface area contributed by atoms with Gasteiger partial charge in [0.25, 0.3) is 11.4 Å². The van der Waals surface area contributed by atoms with Gasteiger partial charge in [-0.25, -0.2) is 0 Å². The lowest BCUT2D eigenvalue weighted by atomic mass is 10.1. The Labute approximate surface area is 115 Å². The largest absolute Gasteiger partial charge is 0.446 e. The van der Waals surface area contributed by atoms with Gasteiger partial charge in [-0.1, -0.05) is 0 Å². The Morgan fingerprint density at radius 1 is 0.905 bits per heavy atom. The SMILES string of the molecule is O=[N+]([O-])c1cc(C(F)(F)F)cc([N+](=O)[O-])c1SC(F)(F)F. The van der Waals surface area contributed by atoms with Crippen LogP contribution in [-0.2, 0) is 6.18 Å². The minimum Gasteiger partial charge on any atom is -0.258 e. The van der Waals surface area contributed by atoms with Gasteiger partial charge in [-0.15, -0.1) is 0 Å². The molecule has 116 valence electrons. The van der Waals surface area contributed by atoms with E-state index in [0.717, 1.165) is 0 Å². The van der Waals surface area contributed by atoms with Crippen LogP contribution in [0, 0.1) is 20.2 Å². The Morgan fingerprint density at radius 3 is 1.52 bits per heavy atom. The van der Waals surface area contributed by atoms with Crippen molar-refractivity contribution in [1.82, 2.24) is 0 Å². The third-order valence-corrected chi connectivity index (χ3v) is 2.84. The van der Waals surface area contributed by atoms with Gasteiger partial charge in [-0.3, -0.25) is 20.2 Å². The van der Waals surface area contributed by atoms with E-state index >= 15 is 0 Å². The summed E-state index contributed by atoms with van der Waals surface area (Å²) < 4.78 is 74.2. The number of benzene rings is 1. The summed E-state index contributed by atoms with van der Waals surface area (Å²) in [7, 11) is 0. The molecule has 0 heterocycles. The molecule has 0 saturated heterocycles. The van der Waals surface area contributed by atoms with E-state index in [-0.39, 0.29) is 12.1 Å². The predicted octanol–water partition coefficient (Wildman–Crippen LogP) is 4.13. The number of nitro groups is 2. The molecule has 1 rings (SSSR count). The third-order valence-electron chi connectivity index (χ3n) is 1.99. The van der Waals surface area contributed by atoms with Crippen LogP contribution >= 0.6 is 11.8 Å². The highest BCUT2D eigenvalue weighted by atomic mass is 32.2. The number of hydrogen-bond donors (Lipinski definition) is 0. The van der Waals surface area contributed by atoms with Gasteiger partial charge in [-0.2, -0.15) is 26.3 Å². The maximum atomic E-state index is 12.5. The summed E-state index contributed by atoms with van der Waals surface area (Å²) in [6.45, 7) is 0. The van der Waals surface area contributed by atoms with Crippen molar-refractivity contribution in [3.8, 4) is 0 Å². The number of nitro benzene ring substituents is 2. The fraction of sp³-hybridized carbons (Fsp3) is 0.250. The van der Waals surface area contributed by atoms with Gasteiger partial charge >= 0.3 is 11.7 Å². The number of nitrogens with zero attached hydrogens (tertiary/aromatic N) is 2. The zero-order valence-corrected chi connectivity index (χ0v) is 10.2. The van der Waals surface area contributed by atoms with Crippen LogP contribution in [0.15, 0.2) is 17.0 Å². The highest BCUT2D eigenvalue weighted by Crippen LogP contribution is 2.48. The predicted molar refractivity (Wildman–Crippen MR) is 56.7 cm³/mol. The Hall–Kier alpha value is -2.05. The molecule has 1 aromatic rings. The van der Waals surface area contributed by atoms with Crippen LogP contribution in [0.4, 0.5) is 37.7 Å². The van der Waals surface area contributed by atoms with Crippen molar-refractivity contribution >= 4 is 23.1 Å². The summed E-state index contributed by atoms with van der Waals surface area (Å²) in [4.78, 5) is 16.6. The van der Waals surface area contributed by atoms with Crippen LogP contribution in [0.2, 0.25) is 0 Å². The fourth-order valence-corrected chi connectivity index (χ4v) is 1.96. The van der Waals surface area contributed by atoms with Crippen molar-refractivity contribution in [2.45, 2.75) is 16.6 Å². The van der Waals surface area contributed by atoms with Crippen molar-refractivity contribution < 1.29 is 36.2 Å². The molecule has 0 amide bonds. The van der Waals surface area contributed by atoms with E-state index in [1.54, 1.807) is 0 Å². The molecule has 13 heteroatoms. The molecule has 0 aliphatic heterocycles. The Bertz CT molecular complexity index is 564. The summed E-state index contributed by atoms with van der Waals surface area (Å²) in [5.74, 6) is 0. The van der Waals surface area contributed by atoms with E-state index in [2.05, 4.69) is 0 Å². The first-order valence-corrected chi connectivity index (χ1v) is 5.44. The van der Waals surface area contributed by atoms with Crippen molar-refractivity contribution in [2.24, 2.45) is 0 Å². The lowest BCUT2D eigenvalue weighted by Gasteiger charge is -2.10. The first kappa shape index (κ1) is 17.0. The maximum Gasteiger partial charge on any atom is 0.446 e. The number of halogens is 6. The van der Waals surface area contributed by atoms with Crippen molar-refractivity contribution in [1.29, 1.82) is 0 Å². The van der Waals surface area contributed by atoms with Gasteiger partial charge in [0.2, 0.25) is 0 Å². The summed E-state index contributed by atoms with van der Waals surface area (Å²) >= 11 is -1.22. The Morgan fingerprint density at radius 2 is 1.29 bits per heavy atom. The molecular weight excluding hydrogens is 334 g/mol. The molecule has 21 heavy (non-hydrogen) atoms. The van der Waals surface area contributed by atoms with Crippen molar-refractivity contribution in [3.63, 3.8) is 0 Å². The first-order chi connectivity index (χ1) is 9.33. The van der Waals surface area contributed by atoms with Gasteiger partial charge in [0.15, 0.2) is 4.90 Å². The molecule has 0 aliphatic carbocycles. The van der Waals surface area contributed by atoms with Gasteiger partial charge in [0.1, 0.15) is 0 Å². The molecule has 0 aliphatic rings. The highest BCUT2D eigenvalue weighted by Gasteiger charge is 2.42. The average molecular weight is 336 g/mol. The van der Waals surface area contributed by atoms with Gasteiger partial charge in [0.05, 0.1) is 15.4 Å². The van der Waals surface area contributed by atoms with E-state index < -0.39 is 55.1 Å². The molecular formula is C8H2F6N2O4S. The quantitative estimate of drug-likeness (QED) is 0.358. The van der Waals surface area contributed by atoms with Crippen molar-refractivity contribution in [2.75, 3.05) is 0 Å². The highest BCUT2D eigenvalue weighted by molar-refractivity contribution is 8.00. The second-order valence-electron chi connectivity index (χ2n) is 3.40. The summed E-state index contributed by atoms with van der Waals surface area (Å²) in [6.07, 6.45) is -5.18. The molecule has 0 N–H and O–H groups in total. The molecule has 0 saturated carbocycles. The molecule has 0 fully saturated rings. The molecule has 0 atom stereocenters. The number of rotatable bonds is 3. The standard InChI is InChI=1S/C8H2F6N2O4S/c9-7(10,11)3-1-4(15(17)18)6(21-8(12,13)14)5(2-3)16(19)20/h1-2H. The summed E-state index contributed by atoms with van der Waals surface area (Å²) in [6, 6.07) is -0.359. The molecule has 1 aromatic carbocycles. The van der Waals surface area contributed by atoms with Gasteiger partial charge in [-0.05, 0) is 11.8 Å².